The van der Waals surface area contributed by atoms with Gasteiger partial charge in [0.05, 0.1) is 6.33 Å². The molecule has 0 radical (unpaired) electrons. The highest BCUT2D eigenvalue weighted by Crippen LogP contribution is 2.24. The van der Waals surface area contributed by atoms with Crippen LogP contribution in [0.15, 0.2) is 41.9 Å². The van der Waals surface area contributed by atoms with Crippen LogP contribution < -0.4 is 4.90 Å². The van der Waals surface area contributed by atoms with Crippen molar-refractivity contribution in [3.8, 4) is 0 Å². The number of aryl methyl sites for hydroxylation is 1. The Bertz CT molecular complexity index is 751. The molecular weight excluding hydrogens is 314 g/mol. The van der Waals surface area contributed by atoms with Crippen molar-refractivity contribution in [3.63, 3.8) is 0 Å². The van der Waals surface area contributed by atoms with Crippen molar-refractivity contribution in [1.29, 1.82) is 0 Å². The van der Waals surface area contributed by atoms with Gasteiger partial charge >= 0.3 is 0 Å². The summed E-state index contributed by atoms with van der Waals surface area (Å²) in [6, 6.07) is 6.11. The Kier molecular flexibility index (Phi) is 4.36. The second-order valence-electron chi connectivity index (χ2n) is 5.81. The van der Waals surface area contributed by atoms with E-state index in [4.69, 9.17) is 0 Å². The van der Waals surface area contributed by atoms with Crippen molar-refractivity contribution in [3.05, 3.63) is 36.9 Å². The van der Waals surface area contributed by atoms with Crippen LogP contribution in [0.4, 0.5) is 5.82 Å². The molecule has 1 fully saturated rings. The van der Waals surface area contributed by atoms with Gasteiger partial charge in [0.2, 0.25) is 0 Å². The van der Waals surface area contributed by atoms with Gasteiger partial charge in [0.1, 0.15) is 5.82 Å². The fraction of sp³-hybridized carbons (Fsp3) is 0.467. The second-order valence-corrected chi connectivity index (χ2v) is 7.70. The van der Waals surface area contributed by atoms with E-state index < -0.39 is 10.0 Å². The van der Waals surface area contributed by atoms with Gasteiger partial charge in [0.15, 0.2) is 5.03 Å². The van der Waals surface area contributed by atoms with Crippen LogP contribution in [0.2, 0.25) is 0 Å². The number of nitrogens with zero attached hydrogens (tertiary/aromatic N) is 5. The minimum atomic E-state index is -3.49. The Morgan fingerprint density at radius 2 is 1.96 bits per heavy atom. The van der Waals surface area contributed by atoms with E-state index in [0.29, 0.717) is 19.1 Å². The third-order valence-corrected chi connectivity index (χ3v) is 6.05. The zero-order valence-electron chi connectivity index (χ0n) is 13.3. The van der Waals surface area contributed by atoms with Gasteiger partial charge in [0.25, 0.3) is 10.0 Å². The highest BCUT2D eigenvalue weighted by molar-refractivity contribution is 7.89. The molecule has 0 saturated carbocycles. The van der Waals surface area contributed by atoms with E-state index >= 15 is 0 Å². The largest absolute Gasteiger partial charge is 0.357 e. The van der Waals surface area contributed by atoms with Gasteiger partial charge in [-0.3, -0.25) is 0 Å². The molecule has 23 heavy (non-hydrogen) atoms. The fourth-order valence-electron chi connectivity index (χ4n) is 2.87. The zero-order chi connectivity index (χ0) is 16.4. The Morgan fingerprint density at radius 1 is 1.22 bits per heavy atom. The summed E-state index contributed by atoms with van der Waals surface area (Å²) in [4.78, 5) is 10.5. The molecule has 0 amide bonds. The minimum Gasteiger partial charge on any atom is -0.357 e. The Balaban J connectivity index is 1.67. The summed E-state index contributed by atoms with van der Waals surface area (Å²) in [6.07, 6.45) is 6.38. The zero-order valence-corrected chi connectivity index (χ0v) is 14.1. The summed E-state index contributed by atoms with van der Waals surface area (Å²) < 4.78 is 28.3. The topological polar surface area (TPSA) is 71.3 Å². The molecule has 1 aliphatic rings. The maximum absolute atomic E-state index is 12.6. The molecule has 2 aromatic rings. The lowest BCUT2D eigenvalue weighted by atomic mass is 10.1. The van der Waals surface area contributed by atoms with E-state index in [-0.39, 0.29) is 5.03 Å². The molecule has 0 spiro atoms. The van der Waals surface area contributed by atoms with E-state index in [1.54, 1.807) is 24.0 Å². The number of anilines is 1. The number of pyridine rings is 1. The van der Waals surface area contributed by atoms with Crippen molar-refractivity contribution in [1.82, 2.24) is 18.8 Å². The molecule has 0 atom stereocenters. The first-order valence-corrected chi connectivity index (χ1v) is 9.04. The number of rotatable bonds is 4. The molecule has 1 saturated heterocycles. The van der Waals surface area contributed by atoms with Gasteiger partial charge in [0, 0.05) is 45.6 Å². The van der Waals surface area contributed by atoms with E-state index in [2.05, 4.69) is 14.9 Å². The quantitative estimate of drug-likeness (QED) is 0.837. The summed E-state index contributed by atoms with van der Waals surface area (Å²) in [5.74, 6) is 0.915. The summed E-state index contributed by atoms with van der Waals surface area (Å²) in [5.41, 5.74) is 0. The number of imidazole rings is 1. The normalized spacial score (nSPS) is 17.3. The smallest absolute Gasteiger partial charge is 0.262 e. The molecule has 3 rings (SSSR count). The SMILES string of the molecule is CN(c1ccccn1)C1CCN(S(=O)(=O)c2cn(C)cn2)CC1. The average molecular weight is 335 g/mol. The van der Waals surface area contributed by atoms with Crippen LogP contribution in [0.1, 0.15) is 12.8 Å². The minimum absolute atomic E-state index is 0.122. The van der Waals surface area contributed by atoms with Gasteiger partial charge < -0.3 is 9.47 Å². The van der Waals surface area contributed by atoms with Gasteiger partial charge in [-0.05, 0) is 25.0 Å². The second kappa shape index (κ2) is 6.29. The van der Waals surface area contributed by atoms with Gasteiger partial charge in [-0.2, -0.15) is 4.31 Å². The molecule has 3 heterocycles. The lowest BCUT2D eigenvalue weighted by Crippen LogP contribution is -2.45. The molecule has 0 aromatic carbocycles. The van der Waals surface area contributed by atoms with E-state index in [1.807, 2.05) is 25.2 Å². The lowest BCUT2D eigenvalue weighted by molar-refractivity contribution is 0.313. The van der Waals surface area contributed by atoms with Crippen LogP contribution in [0, 0.1) is 0 Å². The third kappa shape index (κ3) is 3.23. The molecule has 0 unspecified atom stereocenters. The summed E-state index contributed by atoms with van der Waals surface area (Å²) >= 11 is 0. The number of piperidine rings is 1. The molecule has 0 aliphatic carbocycles. The molecule has 7 nitrogen and oxygen atoms in total. The van der Waals surface area contributed by atoms with Gasteiger partial charge in [-0.1, -0.05) is 6.07 Å². The van der Waals surface area contributed by atoms with Crippen molar-refractivity contribution in [2.75, 3.05) is 25.0 Å². The van der Waals surface area contributed by atoms with Crippen LogP contribution in [0.25, 0.3) is 0 Å². The summed E-state index contributed by atoms with van der Waals surface area (Å²) in [7, 11) is 0.286. The Labute approximate surface area is 136 Å². The van der Waals surface area contributed by atoms with Crippen LogP contribution in [-0.2, 0) is 17.1 Å². The van der Waals surface area contributed by atoms with Crippen LogP contribution in [-0.4, -0.2) is 53.4 Å². The predicted octanol–water partition coefficient (Wildman–Crippen LogP) is 1.10. The summed E-state index contributed by atoms with van der Waals surface area (Å²) in [6.45, 7) is 1.00. The molecule has 2 aromatic heterocycles. The third-order valence-electron chi connectivity index (χ3n) is 4.27. The molecular formula is C15H21N5O2S. The first-order chi connectivity index (χ1) is 11.0. The molecule has 0 N–H and O–H groups in total. The highest BCUT2D eigenvalue weighted by Gasteiger charge is 2.32. The van der Waals surface area contributed by atoms with Crippen LogP contribution >= 0.6 is 0 Å². The lowest BCUT2D eigenvalue weighted by Gasteiger charge is -2.36. The number of aromatic nitrogens is 3. The Morgan fingerprint density at radius 3 is 2.52 bits per heavy atom. The molecule has 1 aliphatic heterocycles. The average Bonchev–Trinajstić information content (AvgIpc) is 3.02. The standard InChI is InChI=1S/C15H21N5O2S/c1-18-11-15(17-12-18)23(21,22)20-9-6-13(7-10-20)19(2)14-5-3-4-8-16-14/h3-5,8,11-13H,6-7,9-10H2,1-2H3. The first kappa shape index (κ1) is 15.9. The van der Waals surface area contributed by atoms with Crippen molar-refractivity contribution >= 4 is 15.8 Å². The molecule has 124 valence electrons. The van der Waals surface area contributed by atoms with Gasteiger partial charge in [-0.25, -0.2) is 18.4 Å². The fourth-order valence-corrected chi connectivity index (χ4v) is 4.31. The maximum atomic E-state index is 12.6. The number of hydrogen-bond acceptors (Lipinski definition) is 5. The number of hydrogen-bond donors (Lipinski definition) is 0. The van der Waals surface area contributed by atoms with Crippen LogP contribution in [0.5, 0.6) is 0 Å². The van der Waals surface area contributed by atoms with E-state index in [0.717, 1.165) is 18.7 Å². The van der Waals surface area contributed by atoms with E-state index in [1.165, 1.54) is 10.6 Å². The van der Waals surface area contributed by atoms with Crippen molar-refractivity contribution < 1.29 is 8.42 Å². The summed E-state index contributed by atoms with van der Waals surface area (Å²) in [5, 5.41) is 0.122. The molecule has 0 bridgehead atoms. The van der Waals surface area contributed by atoms with Crippen molar-refractivity contribution in [2.45, 2.75) is 23.9 Å². The van der Waals surface area contributed by atoms with Crippen LogP contribution in [0.3, 0.4) is 0 Å². The highest BCUT2D eigenvalue weighted by atomic mass is 32.2. The van der Waals surface area contributed by atoms with Crippen molar-refractivity contribution in [2.24, 2.45) is 7.05 Å². The number of sulfonamides is 1. The first-order valence-electron chi connectivity index (χ1n) is 7.60. The molecule has 8 heteroatoms. The predicted molar refractivity (Wildman–Crippen MR) is 87.6 cm³/mol. The monoisotopic (exact) mass is 335 g/mol. The maximum Gasteiger partial charge on any atom is 0.262 e. The van der Waals surface area contributed by atoms with E-state index in [9.17, 15) is 8.42 Å². The van der Waals surface area contributed by atoms with Gasteiger partial charge in [-0.15, -0.1) is 0 Å². The Hall–Kier alpha value is -1.93.